The Morgan fingerprint density at radius 3 is 2.38 bits per heavy atom. The molecule has 0 radical (unpaired) electrons. The van der Waals surface area contributed by atoms with Gasteiger partial charge in [-0.1, -0.05) is 46.3 Å². The molecule has 0 aliphatic heterocycles. The molecular formula is C18H18BrNO4. The van der Waals surface area contributed by atoms with Crippen molar-refractivity contribution in [3.8, 4) is 5.75 Å². The van der Waals surface area contributed by atoms with Crippen molar-refractivity contribution in [2.75, 3.05) is 13.7 Å². The summed E-state index contributed by atoms with van der Waals surface area (Å²) in [6.07, 6.45) is 0.0508. The van der Waals surface area contributed by atoms with E-state index in [1.54, 1.807) is 12.1 Å². The van der Waals surface area contributed by atoms with Gasteiger partial charge in [0.2, 0.25) is 0 Å². The van der Waals surface area contributed by atoms with Crippen LogP contribution in [0, 0.1) is 0 Å². The molecular weight excluding hydrogens is 374 g/mol. The molecule has 0 aliphatic carbocycles. The molecule has 0 spiro atoms. The minimum absolute atomic E-state index is 0.0508. The molecule has 2 rings (SSSR count). The summed E-state index contributed by atoms with van der Waals surface area (Å²) in [5.41, 5.74) is 0.816. The molecule has 2 aromatic rings. The first-order valence-electron chi connectivity index (χ1n) is 7.38. The highest BCUT2D eigenvalue weighted by atomic mass is 79.9. The number of carbonyl (C=O) groups excluding carboxylic acids is 2. The number of ether oxygens (including phenoxy) is 2. The topological polar surface area (TPSA) is 64.6 Å². The summed E-state index contributed by atoms with van der Waals surface area (Å²) >= 11 is 3.36. The monoisotopic (exact) mass is 391 g/mol. The first kappa shape index (κ1) is 18.0. The van der Waals surface area contributed by atoms with Crippen molar-refractivity contribution in [3.05, 3.63) is 64.6 Å². The second-order valence-electron chi connectivity index (χ2n) is 5.05. The van der Waals surface area contributed by atoms with E-state index in [9.17, 15) is 9.59 Å². The quantitative estimate of drug-likeness (QED) is 0.735. The Labute approximate surface area is 149 Å². The van der Waals surface area contributed by atoms with E-state index in [4.69, 9.17) is 9.47 Å². The highest BCUT2D eigenvalue weighted by Gasteiger charge is 2.19. The molecule has 0 aliphatic rings. The van der Waals surface area contributed by atoms with Crippen molar-refractivity contribution in [3.63, 3.8) is 0 Å². The van der Waals surface area contributed by atoms with Gasteiger partial charge >= 0.3 is 5.97 Å². The first-order chi connectivity index (χ1) is 11.6. The van der Waals surface area contributed by atoms with Crippen molar-refractivity contribution in [2.24, 2.45) is 0 Å². The third-order valence-electron chi connectivity index (χ3n) is 3.32. The Morgan fingerprint density at radius 1 is 1.08 bits per heavy atom. The largest absolute Gasteiger partial charge is 0.484 e. The van der Waals surface area contributed by atoms with Crippen molar-refractivity contribution >= 4 is 27.8 Å². The van der Waals surface area contributed by atoms with Crippen LogP contribution in [0.4, 0.5) is 0 Å². The van der Waals surface area contributed by atoms with Crippen LogP contribution in [0.1, 0.15) is 18.0 Å². The first-order valence-corrected chi connectivity index (χ1v) is 8.17. The van der Waals surface area contributed by atoms with Gasteiger partial charge in [-0.25, -0.2) is 0 Å². The van der Waals surface area contributed by atoms with Gasteiger partial charge in [0.15, 0.2) is 6.61 Å². The average molecular weight is 392 g/mol. The van der Waals surface area contributed by atoms with E-state index in [2.05, 4.69) is 21.2 Å². The number of halogens is 1. The zero-order valence-electron chi connectivity index (χ0n) is 13.2. The molecule has 2 aromatic carbocycles. The maximum Gasteiger partial charge on any atom is 0.307 e. The summed E-state index contributed by atoms with van der Waals surface area (Å²) in [6, 6.07) is 16.0. The van der Waals surface area contributed by atoms with E-state index in [0.717, 1.165) is 10.0 Å². The van der Waals surface area contributed by atoms with E-state index in [1.165, 1.54) is 7.11 Å². The van der Waals surface area contributed by atoms with Gasteiger partial charge in [-0.05, 0) is 29.8 Å². The molecule has 24 heavy (non-hydrogen) atoms. The van der Waals surface area contributed by atoms with E-state index < -0.39 is 12.0 Å². The third-order valence-corrected chi connectivity index (χ3v) is 3.85. The van der Waals surface area contributed by atoms with Gasteiger partial charge in [0.1, 0.15) is 5.75 Å². The Balaban J connectivity index is 2.00. The Kier molecular flexibility index (Phi) is 6.81. The Bertz CT molecular complexity index is 673. The van der Waals surface area contributed by atoms with Gasteiger partial charge in [-0.2, -0.15) is 0 Å². The highest BCUT2D eigenvalue weighted by molar-refractivity contribution is 9.10. The maximum atomic E-state index is 12.1. The van der Waals surface area contributed by atoms with Crippen LogP contribution in [-0.2, 0) is 14.3 Å². The second-order valence-corrected chi connectivity index (χ2v) is 5.97. The molecule has 5 nitrogen and oxygen atoms in total. The summed E-state index contributed by atoms with van der Waals surface area (Å²) in [6.45, 7) is -0.127. The summed E-state index contributed by atoms with van der Waals surface area (Å²) < 4.78 is 11.0. The average Bonchev–Trinajstić information content (AvgIpc) is 2.61. The number of rotatable bonds is 7. The van der Waals surface area contributed by atoms with Crippen LogP contribution in [-0.4, -0.2) is 25.6 Å². The minimum atomic E-state index is -0.475. The molecule has 0 fully saturated rings. The number of benzene rings is 2. The normalized spacial score (nSPS) is 11.4. The van der Waals surface area contributed by atoms with Crippen molar-refractivity contribution in [1.29, 1.82) is 0 Å². The van der Waals surface area contributed by atoms with Gasteiger partial charge in [0, 0.05) is 4.47 Å². The van der Waals surface area contributed by atoms with E-state index in [1.807, 2.05) is 42.5 Å². The predicted octanol–water partition coefficient (Wildman–Crippen LogP) is 3.25. The van der Waals surface area contributed by atoms with Crippen LogP contribution in [0.3, 0.4) is 0 Å². The molecule has 0 aromatic heterocycles. The number of amides is 1. The molecule has 1 unspecified atom stereocenters. The molecule has 0 saturated heterocycles. The molecule has 0 bridgehead atoms. The lowest BCUT2D eigenvalue weighted by Gasteiger charge is -2.18. The Morgan fingerprint density at radius 2 is 1.75 bits per heavy atom. The van der Waals surface area contributed by atoms with Gasteiger partial charge in [0.25, 0.3) is 5.91 Å². The standard InChI is InChI=1S/C18H18BrNO4/c1-23-18(22)11-16(13-7-9-14(19)10-8-13)20-17(21)12-24-15-5-3-2-4-6-15/h2-10,16H,11-12H2,1H3,(H,20,21). The van der Waals surface area contributed by atoms with E-state index in [-0.39, 0.29) is 18.9 Å². The molecule has 0 saturated carbocycles. The van der Waals surface area contributed by atoms with E-state index in [0.29, 0.717) is 5.75 Å². The van der Waals surface area contributed by atoms with Crippen molar-refractivity contribution < 1.29 is 19.1 Å². The Hall–Kier alpha value is -2.34. The van der Waals surface area contributed by atoms with Crippen molar-refractivity contribution in [1.82, 2.24) is 5.32 Å². The maximum absolute atomic E-state index is 12.1. The molecule has 1 atom stereocenters. The van der Waals surface area contributed by atoms with Crippen LogP contribution in [0.2, 0.25) is 0 Å². The van der Waals surface area contributed by atoms with E-state index >= 15 is 0 Å². The molecule has 1 N–H and O–H groups in total. The summed E-state index contributed by atoms with van der Waals surface area (Å²) in [4.78, 5) is 23.7. The zero-order valence-corrected chi connectivity index (χ0v) is 14.8. The number of esters is 1. The van der Waals surface area contributed by atoms with Gasteiger partial charge in [-0.3, -0.25) is 9.59 Å². The smallest absolute Gasteiger partial charge is 0.307 e. The number of methoxy groups -OCH3 is 1. The lowest BCUT2D eigenvalue weighted by molar-refractivity contribution is -0.141. The van der Waals surface area contributed by atoms with Gasteiger partial charge < -0.3 is 14.8 Å². The summed E-state index contributed by atoms with van der Waals surface area (Å²) in [5, 5.41) is 2.81. The van der Waals surface area contributed by atoms with Crippen LogP contribution in [0.15, 0.2) is 59.1 Å². The summed E-state index contributed by atoms with van der Waals surface area (Å²) in [7, 11) is 1.32. The fourth-order valence-electron chi connectivity index (χ4n) is 2.10. The fraction of sp³-hybridized carbons (Fsp3) is 0.222. The number of para-hydroxylation sites is 1. The highest BCUT2D eigenvalue weighted by Crippen LogP contribution is 2.20. The number of hydrogen-bond acceptors (Lipinski definition) is 4. The lowest BCUT2D eigenvalue weighted by atomic mass is 10.0. The molecule has 6 heteroatoms. The number of carbonyl (C=O) groups is 2. The third kappa shape index (κ3) is 5.70. The van der Waals surface area contributed by atoms with Crippen LogP contribution in [0.25, 0.3) is 0 Å². The zero-order chi connectivity index (χ0) is 17.4. The lowest BCUT2D eigenvalue weighted by Crippen LogP contribution is -2.34. The summed E-state index contributed by atoms with van der Waals surface area (Å²) in [5.74, 6) is -0.0938. The van der Waals surface area contributed by atoms with Crippen LogP contribution >= 0.6 is 15.9 Å². The SMILES string of the molecule is COC(=O)CC(NC(=O)COc1ccccc1)c1ccc(Br)cc1. The second kappa shape index (κ2) is 9.08. The number of nitrogens with one attached hydrogen (secondary N) is 1. The van der Waals surface area contributed by atoms with Crippen LogP contribution < -0.4 is 10.1 Å². The molecule has 0 heterocycles. The van der Waals surface area contributed by atoms with Crippen molar-refractivity contribution in [2.45, 2.75) is 12.5 Å². The van der Waals surface area contributed by atoms with Gasteiger partial charge in [-0.15, -0.1) is 0 Å². The molecule has 126 valence electrons. The minimum Gasteiger partial charge on any atom is -0.484 e. The molecule has 1 amide bonds. The predicted molar refractivity (Wildman–Crippen MR) is 93.6 cm³/mol. The van der Waals surface area contributed by atoms with Gasteiger partial charge in [0.05, 0.1) is 19.6 Å². The van der Waals surface area contributed by atoms with Crippen LogP contribution in [0.5, 0.6) is 5.75 Å². The number of hydrogen-bond donors (Lipinski definition) is 1. The fourth-order valence-corrected chi connectivity index (χ4v) is 2.36.